The number of unbranched alkanes of at least 4 members (excludes halogenated alkanes) is 7. The monoisotopic (exact) mass is 412 g/mol. The Labute approximate surface area is 179 Å². The Balaban J connectivity index is 1.59. The molecule has 0 amide bonds. The maximum atomic E-state index is 12.1. The molecule has 0 N–H and O–H groups in total. The molecule has 0 saturated carbocycles. The summed E-state index contributed by atoms with van der Waals surface area (Å²) < 4.78 is 5.28. The number of ether oxygens (including phenoxy) is 1. The molecular formula is C25H32O5. The van der Waals surface area contributed by atoms with E-state index in [1.807, 2.05) is 30.3 Å². The van der Waals surface area contributed by atoms with Crippen molar-refractivity contribution in [3.8, 4) is 5.75 Å². The number of hydrogen-bond donors (Lipinski definition) is 0. The topological polar surface area (TPSA) is 61.8 Å². The fourth-order valence-corrected chi connectivity index (χ4v) is 2.99. The van der Waals surface area contributed by atoms with Crippen LogP contribution < -0.4 is 4.89 Å². The molecule has 30 heavy (non-hydrogen) atoms. The minimum absolute atomic E-state index is 0.217. The van der Waals surface area contributed by atoms with E-state index in [1.165, 1.54) is 32.1 Å². The van der Waals surface area contributed by atoms with Gasteiger partial charge < -0.3 is 4.74 Å². The summed E-state index contributed by atoms with van der Waals surface area (Å²) in [6.45, 7) is 2.43. The zero-order chi connectivity index (χ0) is 21.4. The highest BCUT2D eigenvalue weighted by Gasteiger charge is 2.09. The third kappa shape index (κ3) is 9.59. The fraction of sp³-hybridized carbons (Fsp3) is 0.440. The molecule has 0 saturated heterocycles. The van der Waals surface area contributed by atoms with Crippen LogP contribution >= 0.6 is 0 Å². The van der Waals surface area contributed by atoms with E-state index in [0.29, 0.717) is 17.7 Å². The lowest BCUT2D eigenvalue weighted by Crippen LogP contribution is -2.08. The molecule has 2 rings (SSSR count). The van der Waals surface area contributed by atoms with Gasteiger partial charge in [-0.2, -0.15) is 0 Å². The molecule has 0 spiro atoms. The van der Waals surface area contributed by atoms with Crippen molar-refractivity contribution < 1.29 is 24.1 Å². The lowest BCUT2D eigenvalue weighted by atomic mass is 10.1. The summed E-state index contributed by atoms with van der Waals surface area (Å²) in [7, 11) is 0. The first-order valence-electron chi connectivity index (χ1n) is 10.9. The number of carbonyl (C=O) groups excluding carboxylic acids is 2. The van der Waals surface area contributed by atoms with Gasteiger partial charge in [-0.15, -0.1) is 0 Å². The fourth-order valence-electron chi connectivity index (χ4n) is 2.99. The molecule has 0 aliphatic rings. The number of rotatable bonds is 14. The second-order valence-electron chi connectivity index (χ2n) is 7.35. The Kier molecular flexibility index (Phi) is 11.1. The van der Waals surface area contributed by atoms with E-state index >= 15 is 0 Å². The number of hydrogen-bond acceptors (Lipinski definition) is 5. The van der Waals surface area contributed by atoms with Crippen molar-refractivity contribution in [2.45, 2.75) is 71.3 Å². The first-order valence-corrected chi connectivity index (χ1v) is 10.9. The molecule has 0 bridgehead atoms. The summed E-state index contributed by atoms with van der Waals surface area (Å²) in [5.41, 5.74) is 1.33. The van der Waals surface area contributed by atoms with Crippen molar-refractivity contribution in [3.05, 3.63) is 65.7 Å². The highest BCUT2D eigenvalue weighted by Crippen LogP contribution is 2.15. The van der Waals surface area contributed by atoms with Crippen LogP contribution in [0.3, 0.4) is 0 Å². The van der Waals surface area contributed by atoms with Crippen molar-refractivity contribution in [3.63, 3.8) is 0 Å². The molecule has 0 aliphatic heterocycles. The second kappa shape index (κ2) is 14.2. The molecular weight excluding hydrogens is 380 g/mol. The lowest BCUT2D eigenvalue weighted by molar-refractivity contribution is -0.213. The molecule has 0 atom stereocenters. The zero-order valence-electron chi connectivity index (χ0n) is 17.8. The van der Waals surface area contributed by atoms with Crippen molar-refractivity contribution in [1.29, 1.82) is 0 Å². The Morgan fingerprint density at radius 3 is 2.07 bits per heavy atom. The SMILES string of the molecule is CCCCCCCCCCC(=O)OOc1ccc(C(=O)OCc2ccccc2)cc1. The van der Waals surface area contributed by atoms with Crippen molar-refractivity contribution in [2.75, 3.05) is 0 Å². The van der Waals surface area contributed by atoms with Gasteiger partial charge in [0.05, 0.1) is 12.0 Å². The standard InChI is InChI=1S/C25H32O5/c1-2-3-4-5-6-7-8-12-15-24(26)30-29-23-18-16-22(17-19-23)25(27)28-20-21-13-10-9-11-14-21/h9-11,13-14,16-19H,2-8,12,15,20H2,1H3. The summed E-state index contributed by atoms with van der Waals surface area (Å²) in [4.78, 5) is 33.7. The molecule has 0 heterocycles. The van der Waals surface area contributed by atoms with Crippen LogP contribution in [0.5, 0.6) is 5.75 Å². The van der Waals surface area contributed by atoms with E-state index in [0.717, 1.165) is 24.8 Å². The number of esters is 1. The van der Waals surface area contributed by atoms with E-state index in [-0.39, 0.29) is 12.6 Å². The minimum atomic E-state index is -0.419. The molecule has 0 aromatic heterocycles. The summed E-state index contributed by atoms with van der Waals surface area (Å²) in [6.07, 6.45) is 9.70. The number of benzene rings is 2. The van der Waals surface area contributed by atoms with E-state index in [2.05, 4.69) is 6.92 Å². The highest BCUT2D eigenvalue weighted by molar-refractivity contribution is 5.89. The van der Waals surface area contributed by atoms with Gasteiger partial charge in [0.15, 0.2) is 5.75 Å². The predicted molar refractivity (Wildman–Crippen MR) is 116 cm³/mol. The van der Waals surface area contributed by atoms with Crippen LogP contribution in [0.15, 0.2) is 54.6 Å². The lowest BCUT2D eigenvalue weighted by Gasteiger charge is -2.07. The minimum Gasteiger partial charge on any atom is -0.457 e. The van der Waals surface area contributed by atoms with Gasteiger partial charge >= 0.3 is 11.9 Å². The maximum absolute atomic E-state index is 12.1. The van der Waals surface area contributed by atoms with Crippen molar-refractivity contribution in [2.24, 2.45) is 0 Å². The molecule has 0 radical (unpaired) electrons. The molecule has 5 heteroatoms. The molecule has 162 valence electrons. The third-order valence-corrected chi connectivity index (χ3v) is 4.77. The van der Waals surface area contributed by atoms with E-state index in [4.69, 9.17) is 14.5 Å². The molecule has 2 aromatic carbocycles. The van der Waals surface area contributed by atoms with Crippen LogP contribution in [0.4, 0.5) is 0 Å². The van der Waals surface area contributed by atoms with Crippen LogP contribution in [0.1, 0.15) is 80.6 Å². The summed E-state index contributed by atoms with van der Waals surface area (Å²) in [6, 6.07) is 15.8. The first-order chi connectivity index (χ1) is 14.7. The Hall–Kier alpha value is -2.82. The molecule has 5 nitrogen and oxygen atoms in total. The highest BCUT2D eigenvalue weighted by atomic mass is 17.2. The predicted octanol–water partition coefficient (Wildman–Crippen LogP) is 6.41. The Bertz CT molecular complexity index is 740. The van der Waals surface area contributed by atoms with E-state index in [1.54, 1.807) is 24.3 Å². The van der Waals surface area contributed by atoms with Crippen molar-refractivity contribution >= 4 is 11.9 Å². The molecule has 0 aliphatic carbocycles. The Morgan fingerprint density at radius 1 is 0.767 bits per heavy atom. The van der Waals surface area contributed by atoms with Gasteiger partial charge in [0.25, 0.3) is 0 Å². The quantitative estimate of drug-likeness (QED) is 0.155. The Morgan fingerprint density at radius 2 is 1.40 bits per heavy atom. The van der Waals surface area contributed by atoms with Crippen LogP contribution in [0, 0.1) is 0 Å². The van der Waals surface area contributed by atoms with Crippen LogP contribution in [0.2, 0.25) is 0 Å². The smallest absolute Gasteiger partial charge is 0.355 e. The van der Waals surface area contributed by atoms with Crippen LogP contribution in [0.25, 0.3) is 0 Å². The normalized spacial score (nSPS) is 10.4. The van der Waals surface area contributed by atoms with E-state index in [9.17, 15) is 9.59 Å². The average molecular weight is 413 g/mol. The summed E-state index contributed by atoms with van der Waals surface area (Å²) in [5, 5.41) is 0. The number of carbonyl (C=O) groups is 2. The largest absolute Gasteiger partial charge is 0.457 e. The maximum Gasteiger partial charge on any atom is 0.355 e. The second-order valence-corrected chi connectivity index (χ2v) is 7.35. The van der Waals surface area contributed by atoms with Gasteiger partial charge in [-0.25, -0.2) is 9.59 Å². The van der Waals surface area contributed by atoms with Gasteiger partial charge in [0.2, 0.25) is 0 Å². The average Bonchev–Trinajstić information content (AvgIpc) is 2.79. The van der Waals surface area contributed by atoms with Crippen LogP contribution in [-0.4, -0.2) is 11.9 Å². The molecule has 0 unspecified atom stereocenters. The molecule has 2 aromatic rings. The van der Waals surface area contributed by atoms with Gasteiger partial charge in [0, 0.05) is 0 Å². The van der Waals surface area contributed by atoms with Crippen molar-refractivity contribution in [1.82, 2.24) is 0 Å². The van der Waals surface area contributed by atoms with Gasteiger partial charge in [-0.3, -0.25) is 9.78 Å². The van der Waals surface area contributed by atoms with Gasteiger partial charge in [0.1, 0.15) is 6.61 Å². The van der Waals surface area contributed by atoms with Crippen LogP contribution in [-0.2, 0) is 21.0 Å². The molecule has 0 fully saturated rings. The van der Waals surface area contributed by atoms with E-state index < -0.39 is 5.97 Å². The summed E-state index contributed by atoms with van der Waals surface area (Å²) >= 11 is 0. The summed E-state index contributed by atoms with van der Waals surface area (Å²) in [5.74, 6) is -0.441. The third-order valence-electron chi connectivity index (χ3n) is 4.77. The first kappa shape index (κ1) is 23.5. The zero-order valence-corrected chi connectivity index (χ0v) is 17.8. The van der Waals surface area contributed by atoms with Gasteiger partial charge in [-0.1, -0.05) is 82.2 Å². The van der Waals surface area contributed by atoms with Gasteiger partial charge in [-0.05, 0) is 36.2 Å².